The molecule has 0 fully saturated rings. The molecule has 0 saturated carbocycles. The van der Waals surface area contributed by atoms with Gasteiger partial charge in [-0.3, -0.25) is 0 Å². The van der Waals surface area contributed by atoms with E-state index in [1.807, 2.05) is 13.0 Å². The number of rotatable bonds is 1. The Kier molecular flexibility index (Phi) is 3.11. The second kappa shape index (κ2) is 4.78. The number of hydrogen-bond donors (Lipinski definition) is 0. The fourth-order valence-electron chi connectivity index (χ4n) is 2.40. The van der Waals surface area contributed by atoms with E-state index >= 15 is 0 Å². The monoisotopic (exact) mass is 277 g/mol. The molecule has 0 aliphatic carbocycles. The zero-order valence-electron chi connectivity index (χ0n) is 10.5. The number of anilines is 1. The van der Waals surface area contributed by atoms with Gasteiger partial charge in [-0.1, -0.05) is 17.7 Å². The summed E-state index contributed by atoms with van der Waals surface area (Å²) < 4.78 is 13.2. The molecule has 0 spiro atoms. The molecule has 0 bridgehead atoms. The van der Waals surface area contributed by atoms with Crippen LogP contribution in [0.3, 0.4) is 0 Å². The van der Waals surface area contributed by atoms with Crippen molar-refractivity contribution in [2.75, 3.05) is 11.4 Å². The molecule has 5 heteroatoms. The molecule has 1 aromatic heterocycles. The molecule has 0 saturated heterocycles. The van der Waals surface area contributed by atoms with E-state index in [-0.39, 0.29) is 5.82 Å². The highest BCUT2D eigenvalue weighted by molar-refractivity contribution is 6.29. The first-order chi connectivity index (χ1) is 9.11. The summed E-state index contributed by atoms with van der Waals surface area (Å²) in [5, 5.41) is 0.451. The predicted octanol–water partition coefficient (Wildman–Crippen LogP) is 3.14. The molecule has 1 aliphatic heterocycles. The lowest BCUT2D eigenvalue weighted by Gasteiger charge is -2.29. The number of fused-ring (bicyclic) bond motifs is 1. The summed E-state index contributed by atoms with van der Waals surface area (Å²) >= 11 is 5.96. The summed E-state index contributed by atoms with van der Waals surface area (Å²) in [5.74, 6) is 1.31. The van der Waals surface area contributed by atoms with E-state index in [9.17, 15) is 4.39 Å². The molecule has 19 heavy (non-hydrogen) atoms. The standard InChI is InChI=1S/C14H13ClFN3/c1-9-17-13(15)7-14(18-9)19-5-4-10-6-12(16)3-2-11(10)8-19/h2-3,6-7H,4-5,8H2,1H3. The molecule has 2 heterocycles. The van der Waals surface area contributed by atoms with Crippen LogP contribution >= 0.6 is 11.6 Å². The molecule has 0 amide bonds. The maximum atomic E-state index is 13.2. The maximum Gasteiger partial charge on any atom is 0.134 e. The summed E-state index contributed by atoms with van der Waals surface area (Å²) in [6, 6.07) is 6.72. The van der Waals surface area contributed by atoms with Gasteiger partial charge in [0.2, 0.25) is 0 Å². The molecule has 3 rings (SSSR count). The summed E-state index contributed by atoms with van der Waals surface area (Å²) in [6.07, 6.45) is 0.813. The Bertz CT molecular complexity index is 610. The second-order valence-corrected chi connectivity index (χ2v) is 5.07. The van der Waals surface area contributed by atoms with Crippen LogP contribution in [0.4, 0.5) is 10.2 Å². The first-order valence-electron chi connectivity index (χ1n) is 6.15. The Morgan fingerprint density at radius 3 is 2.84 bits per heavy atom. The molecule has 3 nitrogen and oxygen atoms in total. The zero-order chi connectivity index (χ0) is 13.4. The topological polar surface area (TPSA) is 29.0 Å². The van der Waals surface area contributed by atoms with Gasteiger partial charge in [0.1, 0.15) is 22.6 Å². The van der Waals surface area contributed by atoms with Crippen molar-refractivity contribution in [2.45, 2.75) is 19.9 Å². The van der Waals surface area contributed by atoms with Crippen molar-refractivity contribution in [3.05, 3.63) is 52.2 Å². The van der Waals surface area contributed by atoms with Gasteiger partial charge in [-0.15, -0.1) is 0 Å². The molecule has 2 aromatic rings. The van der Waals surface area contributed by atoms with Crippen LogP contribution in [-0.4, -0.2) is 16.5 Å². The van der Waals surface area contributed by atoms with E-state index in [1.165, 1.54) is 6.07 Å². The van der Waals surface area contributed by atoms with Crippen molar-refractivity contribution in [1.29, 1.82) is 0 Å². The lowest BCUT2D eigenvalue weighted by Crippen LogP contribution is -2.31. The molecule has 1 aromatic carbocycles. The Morgan fingerprint density at radius 2 is 2.05 bits per heavy atom. The minimum absolute atomic E-state index is 0.173. The fourth-order valence-corrected chi connectivity index (χ4v) is 2.62. The molecular formula is C14H13ClFN3. The van der Waals surface area contributed by atoms with Gasteiger partial charge in [0.05, 0.1) is 0 Å². The smallest absolute Gasteiger partial charge is 0.134 e. The number of aromatic nitrogens is 2. The Morgan fingerprint density at radius 1 is 1.21 bits per heavy atom. The van der Waals surface area contributed by atoms with Gasteiger partial charge < -0.3 is 4.90 Å². The highest BCUT2D eigenvalue weighted by Gasteiger charge is 2.18. The minimum atomic E-state index is -0.173. The first-order valence-corrected chi connectivity index (χ1v) is 6.53. The van der Waals surface area contributed by atoms with Gasteiger partial charge in [0.15, 0.2) is 0 Å². The first kappa shape index (κ1) is 12.4. The van der Waals surface area contributed by atoms with Crippen LogP contribution in [-0.2, 0) is 13.0 Å². The number of hydrogen-bond acceptors (Lipinski definition) is 3. The van der Waals surface area contributed by atoms with Gasteiger partial charge >= 0.3 is 0 Å². The fraction of sp³-hybridized carbons (Fsp3) is 0.286. The van der Waals surface area contributed by atoms with Crippen LogP contribution < -0.4 is 4.90 Å². The SMILES string of the molecule is Cc1nc(Cl)cc(N2CCc3cc(F)ccc3C2)n1. The molecule has 98 valence electrons. The van der Waals surface area contributed by atoms with E-state index in [0.717, 1.165) is 36.5 Å². The molecule has 0 N–H and O–H groups in total. The van der Waals surface area contributed by atoms with Crippen molar-refractivity contribution >= 4 is 17.4 Å². The third-order valence-corrected chi connectivity index (χ3v) is 3.49. The number of benzene rings is 1. The average Bonchev–Trinajstić information content (AvgIpc) is 2.37. The van der Waals surface area contributed by atoms with Crippen LogP contribution in [0.15, 0.2) is 24.3 Å². The van der Waals surface area contributed by atoms with Gasteiger partial charge in [0, 0.05) is 19.2 Å². The van der Waals surface area contributed by atoms with Gasteiger partial charge in [-0.05, 0) is 36.6 Å². The van der Waals surface area contributed by atoms with Crippen molar-refractivity contribution in [3.63, 3.8) is 0 Å². The number of aryl methyl sites for hydroxylation is 1. The molecule has 0 unspecified atom stereocenters. The van der Waals surface area contributed by atoms with Crippen LogP contribution in [0.1, 0.15) is 17.0 Å². The summed E-state index contributed by atoms with van der Waals surface area (Å²) in [5.41, 5.74) is 2.22. The largest absolute Gasteiger partial charge is 0.352 e. The van der Waals surface area contributed by atoms with Gasteiger partial charge in [-0.2, -0.15) is 0 Å². The second-order valence-electron chi connectivity index (χ2n) is 4.68. The van der Waals surface area contributed by atoms with E-state index < -0.39 is 0 Å². The zero-order valence-corrected chi connectivity index (χ0v) is 11.3. The Labute approximate surface area is 116 Å². The highest BCUT2D eigenvalue weighted by atomic mass is 35.5. The minimum Gasteiger partial charge on any atom is -0.352 e. The third-order valence-electron chi connectivity index (χ3n) is 3.30. The normalized spacial score (nSPS) is 14.4. The third kappa shape index (κ3) is 2.54. The van der Waals surface area contributed by atoms with E-state index in [4.69, 9.17) is 11.6 Å². The predicted molar refractivity (Wildman–Crippen MR) is 72.9 cm³/mol. The van der Waals surface area contributed by atoms with Gasteiger partial charge in [0.25, 0.3) is 0 Å². The van der Waals surface area contributed by atoms with Crippen LogP contribution in [0, 0.1) is 12.7 Å². The van der Waals surface area contributed by atoms with Crippen LogP contribution in [0.5, 0.6) is 0 Å². The summed E-state index contributed by atoms with van der Waals surface area (Å²) in [4.78, 5) is 10.6. The van der Waals surface area contributed by atoms with Crippen molar-refractivity contribution < 1.29 is 4.39 Å². The van der Waals surface area contributed by atoms with Crippen molar-refractivity contribution in [1.82, 2.24) is 9.97 Å². The van der Waals surface area contributed by atoms with E-state index in [0.29, 0.717) is 11.0 Å². The van der Waals surface area contributed by atoms with E-state index in [2.05, 4.69) is 14.9 Å². The molecule has 0 atom stereocenters. The maximum absolute atomic E-state index is 13.2. The summed E-state index contributed by atoms with van der Waals surface area (Å²) in [6.45, 7) is 3.36. The van der Waals surface area contributed by atoms with Crippen LogP contribution in [0.2, 0.25) is 5.15 Å². The molecule has 1 aliphatic rings. The van der Waals surface area contributed by atoms with E-state index in [1.54, 1.807) is 12.1 Å². The molecule has 0 radical (unpaired) electrons. The molecular weight excluding hydrogens is 265 g/mol. The Balaban J connectivity index is 1.91. The lowest BCUT2D eigenvalue weighted by atomic mass is 10.00. The highest BCUT2D eigenvalue weighted by Crippen LogP contribution is 2.25. The quantitative estimate of drug-likeness (QED) is 0.750. The Hall–Kier alpha value is -1.68. The van der Waals surface area contributed by atoms with Crippen molar-refractivity contribution in [2.24, 2.45) is 0 Å². The average molecular weight is 278 g/mol. The van der Waals surface area contributed by atoms with Crippen molar-refractivity contribution in [3.8, 4) is 0 Å². The number of halogens is 2. The lowest BCUT2D eigenvalue weighted by molar-refractivity contribution is 0.618. The van der Waals surface area contributed by atoms with Crippen LogP contribution in [0.25, 0.3) is 0 Å². The number of nitrogens with zero attached hydrogens (tertiary/aromatic N) is 3. The van der Waals surface area contributed by atoms with Gasteiger partial charge in [-0.25, -0.2) is 14.4 Å². The summed E-state index contributed by atoms with van der Waals surface area (Å²) in [7, 11) is 0.